The van der Waals surface area contributed by atoms with Gasteiger partial charge in [-0.3, -0.25) is 9.79 Å². The molecule has 1 amide bonds. The first-order valence-corrected chi connectivity index (χ1v) is 11.9. The quantitative estimate of drug-likeness (QED) is 0.330. The molecular weight excluding hydrogens is 456 g/mol. The van der Waals surface area contributed by atoms with Crippen molar-refractivity contribution in [1.29, 1.82) is 0 Å². The maximum absolute atomic E-state index is 13.6. The zero-order chi connectivity index (χ0) is 24.4. The molecule has 0 saturated heterocycles. The Morgan fingerprint density at radius 3 is 2.34 bits per heavy atom. The van der Waals surface area contributed by atoms with Crippen molar-refractivity contribution >= 4 is 28.9 Å². The van der Waals surface area contributed by atoms with Gasteiger partial charge in [0.05, 0.1) is 18.5 Å². The van der Waals surface area contributed by atoms with E-state index in [2.05, 4.69) is 30.3 Å². The van der Waals surface area contributed by atoms with Crippen LogP contribution in [0, 0.1) is 0 Å². The molecule has 0 aliphatic carbocycles. The van der Waals surface area contributed by atoms with Gasteiger partial charge in [0.15, 0.2) is 0 Å². The predicted octanol–water partition coefficient (Wildman–Crippen LogP) is 6.44. The number of hydrogen-bond acceptors (Lipinski definition) is 3. The van der Waals surface area contributed by atoms with Crippen molar-refractivity contribution in [3.05, 3.63) is 119 Å². The lowest BCUT2D eigenvalue weighted by molar-refractivity contribution is -0.119. The Hall–Kier alpha value is -3.89. The molecule has 0 spiro atoms. The van der Waals surface area contributed by atoms with Gasteiger partial charge in [-0.15, -0.1) is 0 Å². The summed E-state index contributed by atoms with van der Waals surface area (Å²) >= 11 is 6.38. The number of amides is 1. The van der Waals surface area contributed by atoms with Gasteiger partial charge in [-0.25, -0.2) is 0 Å². The van der Waals surface area contributed by atoms with Crippen molar-refractivity contribution in [1.82, 2.24) is 0 Å². The number of anilines is 1. The minimum absolute atomic E-state index is 0.0535. The van der Waals surface area contributed by atoms with Crippen molar-refractivity contribution in [2.45, 2.75) is 12.5 Å². The molecule has 1 unspecified atom stereocenters. The second-order valence-corrected chi connectivity index (χ2v) is 8.99. The highest BCUT2D eigenvalue weighted by atomic mass is 35.5. The molecule has 1 atom stereocenters. The molecule has 174 valence electrons. The highest BCUT2D eigenvalue weighted by molar-refractivity contribution is 6.32. The van der Waals surface area contributed by atoms with Crippen LogP contribution in [0.5, 0.6) is 5.75 Å². The molecule has 5 rings (SSSR count). The third-order valence-electron chi connectivity index (χ3n) is 6.30. The minimum atomic E-state index is -0.575. The van der Waals surface area contributed by atoms with E-state index in [4.69, 9.17) is 21.3 Å². The molecule has 0 aromatic heterocycles. The zero-order valence-corrected chi connectivity index (χ0v) is 20.4. The largest absolute Gasteiger partial charge is 0.497 e. The standard InChI is InChI=1S/C30H25ClN2O2/c1-33-28-16-13-24(31)19-26(28)29(22-11-14-25(35-2)15-12-22)32-27(30(33)34)18-20-7-6-10-23(17-20)21-8-4-3-5-9-21/h3-17,19,27H,18H2,1-2H3. The molecule has 1 aliphatic heterocycles. The summed E-state index contributed by atoms with van der Waals surface area (Å²) in [4.78, 5) is 20.3. The van der Waals surface area contributed by atoms with Gasteiger partial charge in [-0.1, -0.05) is 66.2 Å². The normalized spacial score (nSPS) is 15.3. The SMILES string of the molecule is COc1ccc(C2=NC(Cc3cccc(-c4ccccc4)c3)C(=O)N(C)c3ccc(Cl)cc32)cc1. The van der Waals surface area contributed by atoms with Crippen LogP contribution in [0.4, 0.5) is 5.69 Å². The van der Waals surface area contributed by atoms with E-state index >= 15 is 0 Å². The monoisotopic (exact) mass is 480 g/mol. The van der Waals surface area contributed by atoms with Crippen LogP contribution in [0.25, 0.3) is 11.1 Å². The molecule has 4 aromatic rings. The Kier molecular flexibility index (Phi) is 6.39. The molecular formula is C30H25ClN2O2. The number of benzodiazepines with no additional fused rings is 1. The number of aliphatic imine (C=N–C) groups is 1. The van der Waals surface area contributed by atoms with Crippen molar-refractivity contribution < 1.29 is 9.53 Å². The number of halogens is 1. The van der Waals surface area contributed by atoms with Crippen LogP contribution in [0.3, 0.4) is 0 Å². The van der Waals surface area contributed by atoms with E-state index in [1.165, 1.54) is 0 Å². The van der Waals surface area contributed by atoms with Crippen LogP contribution in [-0.2, 0) is 11.2 Å². The van der Waals surface area contributed by atoms with E-state index in [1.54, 1.807) is 25.1 Å². The summed E-state index contributed by atoms with van der Waals surface area (Å²) in [6.45, 7) is 0. The maximum atomic E-state index is 13.6. The average Bonchev–Trinajstić information content (AvgIpc) is 3.00. The van der Waals surface area contributed by atoms with Crippen LogP contribution in [-0.4, -0.2) is 31.8 Å². The average molecular weight is 481 g/mol. The molecule has 4 aromatic carbocycles. The van der Waals surface area contributed by atoms with E-state index in [-0.39, 0.29) is 5.91 Å². The number of nitrogens with zero attached hydrogens (tertiary/aromatic N) is 2. The number of carbonyl (C=O) groups is 1. The number of hydrogen-bond donors (Lipinski definition) is 0. The Morgan fingerprint density at radius 2 is 1.60 bits per heavy atom. The van der Waals surface area contributed by atoms with E-state index in [0.29, 0.717) is 11.4 Å². The first-order chi connectivity index (χ1) is 17.0. The van der Waals surface area contributed by atoms with E-state index in [9.17, 15) is 4.79 Å². The molecule has 0 fully saturated rings. The van der Waals surface area contributed by atoms with Gasteiger partial charge in [-0.2, -0.15) is 0 Å². The summed E-state index contributed by atoms with van der Waals surface area (Å²) in [6.07, 6.45) is 0.491. The van der Waals surface area contributed by atoms with Crippen LogP contribution in [0.1, 0.15) is 16.7 Å². The Morgan fingerprint density at radius 1 is 0.857 bits per heavy atom. The fourth-order valence-corrected chi connectivity index (χ4v) is 4.63. The van der Waals surface area contributed by atoms with Gasteiger partial charge in [0.2, 0.25) is 0 Å². The van der Waals surface area contributed by atoms with Crippen LogP contribution < -0.4 is 9.64 Å². The molecule has 0 saturated carbocycles. The molecule has 0 bridgehead atoms. The topological polar surface area (TPSA) is 41.9 Å². The second-order valence-electron chi connectivity index (χ2n) is 8.55. The number of likely N-dealkylation sites (N-methyl/N-ethyl adjacent to an activating group) is 1. The number of fused-ring (bicyclic) bond motifs is 1. The lowest BCUT2D eigenvalue weighted by Crippen LogP contribution is -2.36. The first kappa shape index (κ1) is 22.9. The lowest BCUT2D eigenvalue weighted by Gasteiger charge is -2.20. The zero-order valence-electron chi connectivity index (χ0n) is 19.6. The number of benzene rings is 4. The second kappa shape index (κ2) is 9.77. The number of methoxy groups -OCH3 is 1. The van der Waals surface area contributed by atoms with Gasteiger partial charge in [0.25, 0.3) is 5.91 Å². The summed E-state index contributed by atoms with van der Waals surface area (Å²) in [6, 6.07) is 31.3. The molecule has 0 radical (unpaired) electrons. The number of carbonyl (C=O) groups excluding carboxylic acids is 1. The molecule has 0 N–H and O–H groups in total. The Bertz CT molecular complexity index is 1400. The predicted molar refractivity (Wildman–Crippen MR) is 143 cm³/mol. The van der Waals surface area contributed by atoms with Crippen molar-refractivity contribution in [3.63, 3.8) is 0 Å². The summed E-state index contributed by atoms with van der Waals surface area (Å²) in [7, 11) is 3.44. The summed E-state index contributed by atoms with van der Waals surface area (Å²) < 4.78 is 5.33. The Labute approximate surface area is 210 Å². The lowest BCUT2D eigenvalue weighted by atomic mass is 9.98. The highest BCUT2D eigenvalue weighted by Gasteiger charge is 2.30. The van der Waals surface area contributed by atoms with Gasteiger partial charge < -0.3 is 9.64 Å². The maximum Gasteiger partial charge on any atom is 0.251 e. The minimum Gasteiger partial charge on any atom is -0.497 e. The van der Waals surface area contributed by atoms with Gasteiger partial charge >= 0.3 is 0 Å². The van der Waals surface area contributed by atoms with Crippen molar-refractivity contribution in [2.75, 3.05) is 19.1 Å². The van der Waals surface area contributed by atoms with Gasteiger partial charge in [0.1, 0.15) is 11.8 Å². The summed E-state index contributed by atoms with van der Waals surface area (Å²) in [5.41, 5.74) is 6.58. The summed E-state index contributed by atoms with van der Waals surface area (Å²) in [5, 5.41) is 0.597. The van der Waals surface area contributed by atoms with Crippen LogP contribution >= 0.6 is 11.6 Å². The van der Waals surface area contributed by atoms with Gasteiger partial charge in [-0.05, 0) is 59.2 Å². The number of ether oxygens (including phenoxy) is 1. The molecule has 4 nitrogen and oxygen atoms in total. The van der Waals surface area contributed by atoms with E-state index in [1.807, 2.05) is 60.7 Å². The third-order valence-corrected chi connectivity index (χ3v) is 6.54. The molecule has 35 heavy (non-hydrogen) atoms. The van der Waals surface area contributed by atoms with E-state index in [0.717, 1.165) is 45.0 Å². The van der Waals surface area contributed by atoms with E-state index < -0.39 is 6.04 Å². The van der Waals surface area contributed by atoms with Crippen molar-refractivity contribution in [3.8, 4) is 16.9 Å². The van der Waals surface area contributed by atoms with Crippen LogP contribution in [0.15, 0.2) is 102 Å². The smallest absolute Gasteiger partial charge is 0.251 e. The molecule has 1 heterocycles. The van der Waals surface area contributed by atoms with Gasteiger partial charge in [0, 0.05) is 29.6 Å². The fourth-order valence-electron chi connectivity index (χ4n) is 4.46. The van der Waals surface area contributed by atoms with Crippen LogP contribution in [0.2, 0.25) is 5.02 Å². The first-order valence-electron chi connectivity index (χ1n) is 11.5. The number of rotatable bonds is 5. The third kappa shape index (κ3) is 4.71. The summed E-state index contributed by atoms with van der Waals surface area (Å²) in [5.74, 6) is 0.707. The molecule has 5 heteroatoms. The molecule has 1 aliphatic rings. The highest BCUT2D eigenvalue weighted by Crippen LogP contribution is 2.32. The van der Waals surface area contributed by atoms with Crippen molar-refractivity contribution in [2.24, 2.45) is 4.99 Å². The Balaban J connectivity index is 1.58. The fraction of sp³-hybridized carbons (Fsp3) is 0.133.